The Morgan fingerprint density at radius 3 is 2.50 bits per heavy atom. The standard InChI is InChI=1S/C12H17F3N2O/c13-12(14,15)11(3-6-16)18-9-1-2-10-4-7-17-8-5-10/h4-5,7-8,11H,1-3,6,9,16H2. The largest absolute Gasteiger partial charge is 0.414 e. The summed E-state index contributed by atoms with van der Waals surface area (Å²) in [5.74, 6) is 0. The van der Waals surface area contributed by atoms with Gasteiger partial charge in [0, 0.05) is 19.0 Å². The average Bonchev–Trinajstić information content (AvgIpc) is 2.33. The fourth-order valence-electron chi connectivity index (χ4n) is 1.54. The SMILES string of the molecule is NCCC(OCCCc1ccncc1)C(F)(F)F. The van der Waals surface area contributed by atoms with E-state index >= 15 is 0 Å². The predicted molar refractivity (Wildman–Crippen MR) is 62.0 cm³/mol. The third-order valence-electron chi connectivity index (χ3n) is 2.47. The summed E-state index contributed by atoms with van der Waals surface area (Å²) < 4.78 is 42.3. The van der Waals surface area contributed by atoms with E-state index in [1.807, 2.05) is 12.1 Å². The second-order valence-electron chi connectivity index (χ2n) is 3.94. The molecule has 0 aliphatic carbocycles. The van der Waals surface area contributed by atoms with Crippen LogP contribution in [0.3, 0.4) is 0 Å². The molecule has 0 saturated carbocycles. The Hall–Kier alpha value is -1.14. The smallest absolute Gasteiger partial charge is 0.369 e. The van der Waals surface area contributed by atoms with Crippen LogP contribution in [0.2, 0.25) is 0 Å². The molecule has 1 unspecified atom stereocenters. The van der Waals surface area contributed by atoms with Gasteiger partial charge in [0.2, 0.25) is 0 Å². The van der Waals surface area contributed by atoms with E-state index in [-0.39, 0.29) is 19.6 Å². The van der Waals surface area contributed by atoms with E-state index in [1.54, 1.807) is 12.4 Å². The van der Waals surface area contributed by atoms with E-state index in [4.69, 9.17) is 10.5 Å². The third kappa shape index (κ3) is 5.46. The highest BCUT2D eigenvalue weighted by Gasteiger charge is 2.39. The van der Waals surface area contributed by atoms with E-state index < -0.39 is 12.3 Å². The number of aromatic nitrogens is 1. The topological polar surface area (TPSA) is 48.1 Å². The number of ether oxygens (including phenoxy) is 1. The van der Waals surface area contributed by atoms with Crippen LogP contribution in [0.1, 0.15) is 18.4 Å². The molecule has 1 atom stereocenters. The lowest BCUT2D eigenvalue weighted by molar-refractivity contribution is -0.221. The van der Waals surface area contributed by atoms with Gasteiger partial charge >= 0.3 is 6.18 Å². The molecular weight excluding hydrogens is 245 g/mol. The molecule has 0 saturated heterocycles. The van der Waals surface area contributed by atoms with Crippen molar-refractivity contribution in [1.82, 2.24) is 4.98 Å². The molecule has 0 aliphatic heterocycles. The number of rotatable bonds is 7. The maximum absolute atomic E-state index is 12.5. The fourth-order valence-corrected chi connectivity index (χ4v) is 1.54. The number of nitrogens with zero attached hydrogens (tertiary/aromatic N) is 1. The Morgan fingerprint density at radius 2 is 1.94 bits per heavy atom. The van der Waals surface area contributed by atoms with Gasteiger partial charge in [-0.15, -0.1) is 0 Å². The zero-order valence-corrected chi connectivity index (χ0v) is 9.99. The molecule has 6 heteroatoms. The molecule has 0 amide bonds. The van der Waals surface area contributed by atoms with Gasteiger partial charge in [0.1, 0.15) is 0 Å². The summed E-state index contributed by atoms with van der Waals surface area (Å²) in [5, 5.41) is 0. The van der Waals surface area contributed by atoms with Crippen molar-refractivity contribution in [1.29, 1.82) is 0 Å². The Morgan fingerprint density at radius 1 is 1.28 bits per heavy atom. The second-order valence-corrected chi connectivity index (χ2v) is 3.94. The van der Waals surface area contributed by atoms with E-state index in [0.29, 0.717) is 12.8 Å². The summed E-state index contributed by atoms with van der Waals surface area (Å²) in [5.41, 5.74) is 6.17. The molecule has 0 aliphatic rings. The van der Waals surface area contributed by atoms with Crippen LogP contribution in [0, 0.1) is 0 Å². The minimum Gasteiger partial charge on any atom is -0.369 e. The summed E-state index contributed by atoms with van der Waals surface area (Å²) in [6, 6.07) is 3.67. The first-order valence-electron chi connectivity index (χ1n) is 5.81. The lowest BCUT2D eigenvalue weighted by Crippen LogP contribution is -2.34. The lowest BCUT2D eigenvalue weighted by Gasteiger charge is -2.20. The second kappa shape index (κ2) is 7.33. The molecule has 3 nitrogen and oxygen atoms in total. The molecule has 18 heavy (non-hydrogen) atoms. The van der Waals surface area contributed by atoms with E-state index in [1.165, 1.54) is 0 Å². The van der Waals surface area contributed by atoms with Crippen LogP contribution >= 0.6 is 0 Å². The van der Waals surface area contributed by atoms with Crippen molar-refractivity contribution in [3.8, 4) is 0 Å². The van der Waals surface area contributed by atoms with Crippen LogP contribution in [-0.2, 0) is 11.2 Å². The highest BCUT2D eigenvalue weighted by molar-refractivity contribution is 5.09. The van der Waals surface area contributed by atoms with Gasteiger partial charge in [0.05, 0.1) is 0 Å². The number of aryl methyl sites for hydroxylation is 1. The number of halogens is 3. The van der Waals surface area contributed by atoms with Crippen LogP contribution in [0.15, 0.2) is 24.5 Å². The first kappa shape index (κ1) is 14.9. The monoisotopic (exact) mass is 262 g/mol. The molecule has 0 bridgehead atoms. The number of pyridine rings is 1. The van der Waals surface area contributed by atoms with Gasteiger partial charge in [-0.1, -0.05) is 0 Å². The Labute approximate surface area is 104 Å². The van der Waals surface area contributed by atoms with Crippen LogP contribution in [0.5, 0.6) is 0 Å². The summed E-state index contributed by atoms with van der Waals surface area (Å²) in [4.78, 5) is 3.86. The lowest BCUT2D eigenvalue weighted by atomic mass is 10.1. The van der Waals surface area contributed by atoms with Crippen LogP contribution < -0.4 is 5.73 Å². The molecule has 0 aromatic carbocycles. The van der Waals surface area contributed by atoms with Crippen molar-refractivity contribution < 1.29 is 17.9 Å². The number of hydrogen-bond donors (Lipinski definition) is 1. The van der Waals surface area contributed by atoms with E-state index in [9.17, 15) is 13.2 Å². The minimum absolute atomic E-state index is 0.0332. The van der Waals surface area contributed by atoms with Gasteiger partial charge < -0.3 is 10.5 Å². The van der Waals surface area contributed by atoms with Crippen molar-refractivity contribution in [2.75, 3.05) is 13.2 Å². The van der Waals surface area contributed by atoms with Gasteiger partial charge in [0.25, 0.3) is 0 Å². The van der Waals surface area contributed by atoms with Crippen LogP contribution in [0.25, 0.3) is 0 Å². The summed E-state index contributed by atoms with van der Waals surface area (Å²) in [6.45, 7) is 0.0427. The van der Waals surface area contributed by atoms with Gasteiger partial charge in [-0.3, -0.25) is 4.98 Å². The van der Waals surface area contributed by atoms with Gasteiger partial charge in [-0.25, -0.2) is 0 Å². The molecule has 1 rings (SSSR count). The van der Waals surface area contributed by atoms with Gasteiger partial charge in [-0.2, -0.15) is 13.2 Å². The first-order valence-corrected chi connectivity index (χ1v) is 5.81. The maximum atomic E-state index is 12.5. The normalized spacial score (nSPS) is 13.6. The van der Waals surface area contributed by atoms with Crippen molar-refractivity contribution in [2.24, 2.45) is 5.73 Å². The Bertz CT molecular complexity index is 330. The van der Waals surface area contributed by atoms with Crippen molar-refractivity contribution >= 4 is 0 Å². The van der Waals surface area contributed by atoms with E-state index in [0.717, 1.165) is 5.56 Å². The molecular formula is C12H17F3N2O. The highest BCUT2D eigenvalue weighted by Crippen LogP contribution is 2.25. The summed E-state index contributed by atoms with van der Waals surface area (Å²) in [7, 11) is 0. The molecule has 0 radical (unpaired) electrons. The zero-order valence-electron chi connectivity index (χ0n) is 9.99. The molecule has 0 spiro atoms. The van der Waals surface area contributed by atoms with Crippen molar-refractivity contribution in [3.63, 3.8) is 0 Å². The zero-order chi connectivity index (χ0) is 13.4. The summed E-state index contributed by atoms with van der Waals surface area (Å²) in [6.07, 6.45) is -1.75. The third-order valence-corrected chi connectivity index (χ3v) is 2.47. The molecule has 1 aromatic heterocycles. The summed E-state index contributed by atoms with van der Waals surface area (Å²) >= 11 is 0. The fraction of sp³-hybridized carbons (Fsp3) is 0.583. The molecule has 1 aromatic rings. The van der Waals surface area contributed by atoms with Crippen LogP contribution in [0.4, 0.5) is 13.2 Å². The number of alkyl halides is 3. The van der Waals surface area contributed by atoms with Crippen molar-refractivity contribution in [3.05, 3.63) is 30.1 Å². The average molecular weight is 262 g/mol. The van der Waals surface area contributed by atoms with Crippen molar-refractivity contribution in [2.45, 2.75) is 31.5 Å². The van der Waals surface area contributed by atoms with E-state index in [2.05, 4.69) is 4.98 Å². The highest BCUT2D eigenvalue weighted by atomic mass is 19.4. The number of hydrogen-bond acceptors (Lipinski definition) is 3. The Balaban J connectivity index is 2.27. The maximum Gasteiger partial charge on any atom is 0.414 e. The van der Waals surface area contributed by atoms with Crippen LogP contribution in [-0.4, -0.2) is 30.4 Å². The minimum atomic E-state index is -4.34. The molecule has 1 heterocycles. The number of nitrogens with two attached hydrogens (primary N) is 1. The Kier molecular flexibility index (Phi) is 6.07. The first-order chi connectivity index (χ1) is 8.54. The quantitative estimate of drug-likeness (QED) is 0.767. The predicted octanol–water partition coefficient (Wildman–Crippen LogP) is 2.31. The molecule has 0 fully saturated rings. The van der Waals surface area contributed by atoms with Gasteiger partial charge in [-0.05, 0) is 43.5 Å². The molecule has 102 valence electrons. The molecule has 2 N–H and O–H groups in total. The van der Waals surface area contributed by atoms with Gasteiger partial charge in [0.15, 0.2) is 6.10 Å².